The van der Waals surface area contributed by atoms with Crippen molar-refractivity contribution in [3.05, 3.63) is 34.9 Å². The van der Waals surface area contributed by atoms with Crippen LogP contribution in [0.3, 0.4) is 0 Å². The molecule has 0 fully saturated rings. The molecular formula is C10H12F2S. The monoisotopic (exact) mass is 202 g/mol. The molecule has 0 saturated carbocycles. The molecule has 1 rings (SSSR count). The van der Waals surface area contributed by atoms with Crippen molar-refractivity contribution in [1.29, 1.82) is 0 Å². The van der Waals surface area contributed by atoms with E-state index in [1.807, 2.05) is 0 Å². The van der Waals surface area contributed by atoms with Crippen molar-refractivity contribution in [3.8, 4) is 0 Å². The van der Waals surface area contributed by atoms with Gasteiger partial charge in [0.15, 0.2) is 11.6 Å². The van der Waals surface area contributed by atoms with Crippen LogP contribution in [0.1, 0.15) is 17.5 Å². The molecule has 0 aliphatic rings. The molecule has 0 amide bonds. The molecule has 0 aliphatic carbocycles. The van der Waals surface area contributed by atoms with Crippen molar-refractivity contribution in [3.63, 3.8) is 0 Å². The number of hydrogen-bond donors (Lipinski definition) is 1. The molecule has 0 bridgehead atoms. The average molecular weight is 202 g/mol. The standard InChI is InChI=1S/C10H12F2S/c1-7-5-8(3-2-4-13)6-9(11)10(7)12/h5-6,13H,2-4H2,1H3. The maximum Gasteiger partial charge on any atom is 0.161 e. The molecule has 0 nitrogen and oxygen atoms in total. The fourth-order valence-electron chi connectivity index (χ4n) is 1.23. The third-order valence-corrected chi connectivity index (χ3v) is 2.21. The van der Waals surface area contributed by atoms with Gasteiger partial charge < -0.3 is 0 Å². The zero-order valence-corrected chi connectivity index (χ0v) is 8.37. The Labute approximate surface area is 82.4 Å². The highest BCUT2D eigenvalue weighted by molar-refractivity contribution is 7.80. The SMILES string of the molecule is Cc1cc(CCCS)cc(F)c1F. The normalized spacial score (nSPS) is 10.5. The second-order valence-corrected chi connectivity index (χ2v) is 3.48. The van der Waals surface area contributed by atoms with Gasteiger partial charge in [0.05, 0.1) is 0 Å². The van der Waals surface area contributed by atoms with Gasteiger partial charge in [0, 0.05) is 0 Å². The van der Waals surface area contributed by atoms with Gasteiger partial charge in [-0.15, -0.1) is 0 Å². The van der Waals surface area contributed by atoms with Gasteiger partial charge >= 0.3 is 0 Å². The van der Waals surface area contributed by atoms with E-state index in [0.29, 0.717) is 5.56 Å². The number of hydrogen-bond acceptors (Lipinski definition) is 1. The summed E-state index contributed by atoms with van der Waals surface area (Å²) < 4.78 is 25.7. The van der Waals surface area contributed by atoms with Crippen LogP contribution in [0, 0.1) is 18.6 Å². The van der Waals surface area contributed by atoms with E-state index in [1.165, 1.54) is 6.07 Å². The van der Waals surface area contributed by atoms with Crippen molar-refractivity contribution in [2.24, 2.45) is 0 Å². The van der Waals surface area contributed by atoms with Gasteiger partial charge in [-0.25, -0.2) is 8.78 Å². The lowest BCUT2D eigenvalue weighted by molar-refractivity contribution is 0.501. The Morgan fingerprint density at radius 2 is 2.00 bits per heavy atom. The van der Waals surface area contributed by atoms with Crippen LogP contribution < -0.4 is 0 Å². The van der Waals surface area contributed by atoms with Crippen LogP contribution in [0.25, 0.3) is 0 Å². The molecule has 13 heavy (non-hydrogen) atoms. The van der Waals surface area contributed by atoms with Crippen LogP contribution in [-0.4, -0.2) is 5.75 Å². The molecular weight excluding hydrogens is 190 g/mol. The van der Waals surface area contributed by atoms with Gasteiger partial charge in [-0.3, -0.25) is 0 Å². The van der Waals surface area contributed by atoms with Crippen LogP contribution in [0.5, 0.6) is 0 Å². The molecule has 0 N–H and O–H groups in total. The van der Waals surface area contributed by atoms with Crippen LogP contribution in [0.4, 0.5) is 8.78 Å². The van der Waals surface area contributed by atoms with Gasteiger partial charge in [0.2, 0.25) is 0 Å². The minimum atomic E-state index is -0.755. The summed E-state index contributed by atoms with van der Waals surface area (Å²) in [6, 6.07) is 2.94. The lowest BCUT2D eigenvalue weighted by atomic mass is 10.1. The van der Waals surface area contributed by atoms with E-state index in [1.54, 1.807) is 13.0 Å². The molecule has 1 aromatic rings. The summed E-state index contributed by atoms with van der Waals surface area (Å²) in [5.41, 5.74) is 1.21. The Bertz CT molecular complexity index is 274. The number of aryl methyl sites for hydroxylation is 2. The number of benzene rings is 1. The van der Waals surface area contributed by atoms with Crippen molar-refractivity contribution in [1.82, 2.24) is 0 Å². The summed E-state index contributed by atoms with van der Waals surface area (Å²) in [7, 11) is 0. The molecule has 0 aliphatic heterocycles. The van der Waals surface area contributed by atoms with Crippen LogP contribution in [0.15, 0.2) is 12.1 Å². The van der Waals surface area contributed by atoms with E-state index in [9.17, 15) is 8.78 Å². The molecule has 1 aromatic carbocycles. The third-order valence-electron chi connectivity index (χ3n) is 1.89. The zero-order valence-electron chi connectivity index (χ0n) is 7.48. The predicted molar refractivity (Wildman–Crippen MR) is 53.3 cm³/mol. The van der Waals surface area contributed by atoms with E-state index in [0.717, 1.165) is 24.2 Å². The summed E-state index contributed by atoms with van der Waals surface area (Å²) in [6.07, 6.45) is 1.63. The maximum absolute atomic E-state index is 12.9. The van der Waals surface area contributed by atoms with Crippen molar-refractivity contribution in [2.75, 3.05) is 5.75 Å². The van der Waals surface area contributed by atoms with E-state index in [4.69, 9.17) is 0 Å². The molecule has 3 heteroatoms. The molecule has 0 atom stereocenters. The highest BCUT2D eigenvalue weighted by Crippen LogP contribution is 2.15. The fourth-order valence-corrected chi connectivity index (χ4v) is 1.38. The molecule has 0 spiro atoms. The summed E-state index contributed by atoms with van der Waals surface area (Å²) >= 11 is 4.06. The smallest absolute Gasteiger partial charge is 0.161 e. The van der Waals surface area contributed by atoms with Crippen LogP contribution in [0.2, 0.25) is 0 Å². The Balaban J connectivity index is 2.86. The Morgan fingerprint density at radius 3 is 2.54 bits per heavy atom. The van der Waals surface area contributed by atoms with E-state index >= 15 is 0 Å². The summed E-state index contributed by atoms with van der Waals surface area (Å²) in [6.45, 7) is 1.57. The second kappa shape index (κ2) is 4.61. The second-order valence-electron chi connectivity index (χ2n) is 3.04. The molecule has 0 radical (unpaired) electrons. The third kappa shape index (κ3) is 2.69. The first-order chi connectivity index (χ1) is 6.15. The fraction of sp³-hybridized carbons (Fsp3) is 0.400. The number of thiol groups is 1. The Hall–Kier alpha value is -0.570. The lowest BCUT2D eigenvalue weighted by Gasteiger charge is -2.03. The first-order valence-electron chi connectivity index (χ1n) is 4.20. The zero-order chi connectivity index (χ0) is 9.84. The largest absolute Gasteiger partial charge is 0.204 e. The minimum Gasteiger partial charge on any atom is -0.204 e. The van der Waals surface area contributed by atoms with Crippen molar-refractivity contribution in [2.45, 2.75) is 19.8 Å². The molecule has 0 unspecified atom stereocenters. The minimum absolute atomic E-state index is 0.370. The van der Waals surface area contributed by atoms with E-state index < -0.39 is 11.6 Å². The predicted octanol–water partition coefficient (Wildman–Crippen LogP) is 3.14. The first kappa shape index (κ1) is 10.5. The van der Waals surface area contributed by atoms with Gasteiger partial charge in [0.1, 0.15) is 0 Å². The van der Waals surface area contributed by atoms with Gasteiger partial charge in [-0.1, -0.05) is 6.07 Å². The molecule has 0 heterocycles. The molecule has 72 valence electrons. The average Bonchev–Trinajstić information content (AvgIpc) is 2.10. The van der Waals surface area contributed by atoms with Gasteiger partial charge in [-0.2, -0.15) is 12.6 Å². The number of halogens is 2. The summed E-state index contributed by atoms with van der Waals surface area (Å²) in [5.74, 6) is -0.735. The Morgan fingerprint density at radius 1 is 1.31 bits per heavy atom. The first-order valence-corrected chi connectivity index (χ1v) is 4.83. The lowest BCUT2D eigenvalue weighted by Crippen LogP contribution is -1.94. The van der Waals surface area contributed by atoms with E-state index in [2.05, 4.69) is 12.6 Å². The Kier molecular flexibility index (Phi) is 3.72. The molecule has 0 aromatic heterocycles. The van der Waals surface area contributed by atoms with Crippen LogP contribution in [-0.2, 0) is 6.42 Å². The highest BCUT2D eigenvalue weighted by atomic mass is 32.1. The number of rotatable bonds is 3. The quantitative estimate of drug-likeness (QED) is 0.715. The van der Waals surface area contributed by atoms with Gasteiger partial charge in [0.25, 0.3) is 0 Å². The highest BCUT2D eigenvalue weighted by Gasteiger charge is 2.06. The maximum atomic E-state index is 12.9. The summed E-state index contributed by atoms with van der Waals surface area (Å²) in [4.78, 5) is 0. The van der Waals surface area contributed by atoms with Crippen molar-refractivity contribution >= 4 is 12.6 Å². The summed E-state index contributed by atoms with van der Waals surface area (Å²) in [5, 5.41) is 0. The van der Waals surface area contributed by atoms with Crippen molar-refractivity contribution < 1.29 is 8.78 Å². The topological polar surface area (TPSA) is 0 Å². The van der Waals surface area contributed by atoms with Crippen LogP contribution >= 0.6 is 12.6 Å². The van der Waals surface area contributed by atoms with E-state index in [-0.39, 0.29) is 0 Å². The van der Waals surface area contributed by atoms with Gasteiger partial charge in [-0.05, 0) is 42.7 Å². The molecule has 0 saturated heterocycles.